The van der Waals surface area contributed by atoms with Gasteiger partial charge in [0.15, 0.2) is 0 Å². The molecule has 0 aliphatic rings. The molecule has 0 bridgehead atoms. The Morgan fingerprint density at radius 3 is 2.75 bits per heavy atom. The van der Waals surface area contributed by atoms with Crippen LogP contribution in [0.5, 0.6) is 0 Å². The van der Waals surface area contributed by atoms with Crippen LogP contribution in [0, 0.1) is 0 Å². The molecule has 3 nitrogen and oxygen atoms in total. The third-order valence-corrected chi connectivity index (χ3v) is 3.66. The standard InChI is InChI=1S/C17H24N2O/c1-4-10-18-17(16(5-2)20-3)14-11-13-8-6-7-9-15(13)19-12-14/h6-9,11-12,16-18H,4-5,10H2,1-3H3. The number of ether oxygens (including phenoxy) is 1. The van der Waals surface area contributed by atoms with Gasteiger partial charge in [-0.3, -0.25) is 4.98 Å². The molecule has 0 fully saturated rings. The molecule has 0 radical (unpaired) electrons. The van der Waals surface area contributed by atoms with Gasteiger partial charge < -0.3 is 10.1 Å². The van der Waals surface area contributed by atoms with Crippen LogP contribution < -0.4 is 5.32 Å². The zero-order chi connectivity index (χ0) is 14.4. The molecule has 0 aliphatic carbocycles. The Hall–Kier alpha value is -1.45. The van der Waals surface area contributed by atoms with Gasteiger partial charge in [-0.2, -0.15) is 0 Å². The Morgan fingerprint density at radius 1 is 1.25 bits per heavy atom. The smallest absolute Gasteiger partial charge is 0.0763 e. The van der Waals surface area contributed by atoms with Gasteiger partial charge in [0.1, 0.15) is 0 Å². The topological polar surface area (TPSA) is 34.2 Å². The third-order valence-electron chi connectivity index (χ3n) is 3.66. The molecule has 1 N–H and O–H groups in total. The number of nitrogens with one attached hydrogen (secondary N) is 1. The lowest BCUT2D eigenvalue weighted by Crippen LogP contribution is -2.33. The minimum atomic E-state index is 0.171. The van der Waals surface area contributed by atoms with Gasteiger partial charge >= 0.3 is 0 Å². The fraction of sp³-hybridized carbons (Fsp3) is 0.471. The van der Waals surface area contributed by atoms with E-state index in [4.69, 9.17) is 4.74 Å². The van der Waals surface area contributed by atoms with Crippen LogP contribution in [0.1, 0.15) is 38.3 Å². The third kappa shape index (κ3) is 3.35. The number of nitrogens with zero attached hydrogens (tertiary/aromatic N) is 1. The summed E-state index contributed by atoms with van der Waals surface area (Å²) in [5.74, 6) is 0. The van der Waals surface area contributed by atoms with Crippen molar-refractivity contribution in [3.63, 3.8) is 0 Å². The van der Waals surface area contributed by atoms with Crippen molar-refractivity contribution in [2.24, 2.45) is 0 Å². The Bertz CT molecular complexity index is 537. The lowest BCUT2D eigenvalue weighted by molar-refractivity contribution is 0.0650. The maximum atomic E-state index is 5.63. The van der Waals surface area contributed by atoms with E-state index < -0.39 is 0 Å². The summed E-state index contributed by atoms with van der Waals surface area (Å²) in [5.41, 5.74) is 2.24. The summed E-state index contributed by atoms with van der Waals surface area (Å²) in [6.07, 6.45) is 4.23. The van der Waals surface area contributed by atoms with Crippen LogP contribution >= 0.6 is 0 Å². The number of benzene rings is 1. The van der Waals surface area contributed by atoms with Crippen molar-refractivity contribution >= 4 is 10.9 Å². The summed E-state index contributed by atoms with van der Waals surface area (Å²) < 4.78 is 5.63. The molecule has 2 rings (SSSR count). The predicted octanol–water partition coefficient (Wildman–Crippen LogP) is 3.70. The maximum Gasteiger partial charge on any atom is 0.0763 e. The van der Waals surface area contributed by atoms with E-state index in [1.54, 1.807) is 7.11 Å². The summed E-state index contributed by atoms with van der Waals surface area (Å²) in [7, 11) is 1.78. The average Bonchev–Trinajstić information content (AvgIpc) is 2.51. The van der Waals surface area contributed by atoms with Gasteiger partial charge in [0.2, 0.25) is 0 Å². The van der Waals surface area contributed by atoms with Gasteiger partial charge in [-0.05, 0) is 37.1 Å². The van der Waals surface area contributed by atoms with Gasteiger partial charge in [0, 0.05) is 18.7 Å². The first-order valence-corrected chi connectivity index (χ1v) is 7.41. The van der Waals surface area contributed by atoms with Crippen molar-refractivity contribution in [2.45, 2.75) is 38.8 Å². The number of hydrogen-bond donors (Lipinski definition) is 1. The number of methoxy groups -OCH3 is 1. The van der Waals surface area contributed by atoms with Gasteiger partial charge in [-0.1, -0.05) is 32.0 Å². The van der Waals surface area contributed by atoms with Crippen molar-refractivity contribution in [1.29, 1.82) is 0 Å². The monoisotopic (exact) mass is 272 g/mol. The molecule has 0 amide bonds. The van der Waals surface area contributed by atoms with Gasteiger partial charge in [-0.25, -0.2) is 0 Å². The summed E-state index contributed by atoms with van der Waals surface area (Å²) in [6, 6.07) is 10.6. The van der Waals surface area contributed by atoms with E-state index in [2.05, 4.69) is 42.3 Å². The largest absolute Gasteiger partial charge is 0.379 e. The second-order valence-corrected chi connectivity index (χ2v) is 5.08. The molecule has 108 valence electrons. The lowest BCUT2D eigenvalue weighted by atomic mass is 9.99. The van der Waals surface area contributed by atoms with E-state index in [0.29, 0.717) is 0 Å². The van der Waals surface area contributed by atoms with Crippen molar-refractivity contribution in [3.8, 4) is 0 Å². The quantitative estimate of drug-likeness (QED) is 0.834. The van der Waals surface area contributed by atoms with Crippen LogP contribution in [0.2, 0.25) is 0 Å². The molecule has 3 heteroatoms. The number of pyridine rings is 1. The molecule has 2 aromatic rings. The van der Waals surface area contributed by atoms with Crippen molar-refractivity contribution in [3.05, 3.63) is 42.1 Å². The van der Waals surface area contributed by atoms with E-state index in [1.165, 1.54) is 10.9 Å². The van der Waals surface area contributed by atoms with Crippen LogP contribution in [0.4, 0.5) is 0 Å². The molecule has 20 heavy (non-hydrogen) atoms. The zero-order valence-corrected chi connectivity index (χ0v) is 12.6. The number of aromatic nitrogens is 1. The highest BCUT2D eigenvalue weighted by Crippen LogP contribution is 2.23. The summed E-state index contributed by atoms with van der Waals surface area (Å²) in [6.45, 7) is 5.32. The Balaban J connectivity index is 2.33. The van der Waals surface area contributed by atoms with Crippen molar-refractivity contribution in [2.75, 3.05) is 13.7 Å². The van der Waals surface area contributed by atoms with Crippen LogP contribution in [0.3, 0.4) is 0 Å². The summed E-state index contributed by atoms with van der Waals surface area (Å²) in [5, 5.41) is 4.77. The zero-order valence-electron chi connectivity index (χ0n) is 12.6. The number of rotatable bonds is 7. The van der Waals surface area contributed by atoms with Gasteiger partial charge in [0.05, 0.1) is 17.7 Å². The lowest BCUT2D eigenvalue weighted by Gasteiger charge is -2.26. The molecule has 1 aromatic carbocycles. The van der Waals surface area contributed by atoms with Crippen LogP contribution in [0.25, 0.3) is 10.9 Å². The minimum Gasteiger partial charge on any atom is -0.379 e. The van der Waals surface area contributed by atoms with Gasteiger partial charge in [0.25, 0.3) is 0 Å². The molecule has 0 aliphatic heterocycles. The van der Waals surface area contributed by atoms with Crippen LogP contribution in [-0.4, -0.2) is 24.7 Å². The van der Waals surface area contributed by atoms with Crippen molar-refractivity contribution < 1.29 is 4.74 Å². The summed E-state index contributed by atoms with van der Waals surface area (Å²) >= 11 is 0. The molecular weight excluding hydrogens is 248 g/mol. The molecule has 2 atom stereocenters. The summed E-state index contributed by atoms with van der Waals surface area (Å²) in [4.78, 5) is 4.57. The highest BCUT2D eigenvalue weighted by molar-refractivity contribution is 5.78. The fourth-order valence-corrected chi connectivity index (χ4v) is 2.56. The molecule has 0 saturated carbocycles. The first-order valence-electron chi connectivity index (χ1n) is 7.41. The average molecular weight is 272 g/mol. The normalized spacial score (nSPS) is 14.3. The molecule has 0 saturated heterocycles. The second kappa shape index (κ2) is 7.36. The SMILES string of the molecule is CCCNC(c1cnc2ccccc2c1)C(CC)OC. The first kappa shape index (κ1) is 14.9. The second-order valence-electron chi connectivity index (χ2n) is 5.08. The molecular formula is C17H24N2O. The fourth-order valence-electron chi connectivity index (χ4n) is 2.56. The Morgan fingerprint density at radius 2 is 2.05 bits per heavy atom. The van der Waals surface area contributed by atoms with E-state index in [0.717, 1.165) is 24.9 Å². The van der Waals surface area contributed by atoms with E-state index in [1.807, 2.05) is 18.3 Å². The number of fused-ring (bicyclic) bond motifs is 1. The Labute approximate surface area is 121 Å². The van der Waals surface area contributed by atoms with Crippen molar-refractivity contribution in [1.82, 2.24) is 10.3 Å². The van der Waals surface area contributed by atoms with Gasteiger partial charge in [-0.15, -0.1) is 0 Å². The number of para-hydroxylation sites is 1. The molecule has 0 spiro atoms. The molecule has 1 heterocycles. The predicted molar refractivity (Wildman–Crippen MR) is 83.9 cm³/mol. The van der Waals surface area contributed by atoms with Crippen LogP contribution in [0.15, 0.2) is 36.5 Å². The number of hydrogen-bond acceptors (Lipinski definition) is 3. The Kier molecular flexibility index (Phi) is 5.50. The van der Waals surface area contributed by atoms with E-state index in [-0.39, 0.29) is 12.1 Å². The highest BCUT2D eigenvalue weighted by Gasteiger charge is 2.21. The van der Waals surface area contributed by atoms with E-state index in [9.17, 15) is 0 Å². The maximum absolute atomic E-state index is 5.63. The highest BCUT2D eigenvalue weighted by atomic mass is 16.5. The molecule has 2 unspecified atom stereocenters. The van der Waals surface area contributed by atoms with E-state index >= 15 is 0 Å². The van der Waals surface area contributed by atoms with Crippen LogP contribution in [-0.2, 0) is 4.74 Å². The first-order chi connectivity index (χ1) is 9.80. The molecule has 1 aromatic heterocycles. The minimum absolute atomic E-state index is 0.171.